The molecule has 0 bridgehead atoms. The van der Waals surface area contributed by atoms with Gasteiger partial charge in [0.15, 0.2) is 11.4 Å². The maximum atomic E-state index is 11.5. The first-order valence-electron chi connectivity index (χ1n) is 7.01. The molecule has 2 aromatic carbocycles. The van der Waals surface area contributed by atoms with Gasteiger partial charge in [0.25, 0.3) is 5.56 Å². The molecule has 6 nitrogen and oxygen atoms in total. The highest BCUT2D eigenvalue weighted by atomic mass is 16.5. The molecule has 4 rings (SSSR count). The molecule has 0 atom stereocenters. The summed E-state index contributed by atoms with van der Waals surface area (Å²) >= 11 is 0. The van der Waals surface area contributed by atoms with Crippen molar-refractivity contribution in [1.82, 2.24) is 15.0 Å². The third-order valence-corrected chi connectivity index (χ3v) is 3.58. The van der Waals surface area contributed by atoms with E-state index in [4.69, 9.17) is 10.5 Å². The molecule has 0 aliphatic heterocycles. The number of pyridine rings is 1. The molecule has 0 aliphatic rings. The van der Waals surface area contributed by atoms with Gasteiger partial charge in [0.05, 0.1) is 6.20 Å². The second-order valence-electron chi connectivity index (χ2n) is 5.06. The fourth-order valence-corrected chi connectivity index (χ4v) is 2.51. The Balaban J connectivity index is 1.91. The van der Waals surface area contributed by atoms with Crippen molar-refractivity contribution in [3.8, 4) is 11.5 Å². The summed E-state index contributed by atoms with van der Waals surface area (Å²) < 4.78 is 6.01. The van der Waals surface area contributed by atoms with Gasteiger partial charge in [-0.1, -0.05) is 24.3 Å². The highest BCUT2D eigenvalue weighted by Gasteiger charge is 2.10. The van der Waals surface area contributed by atoms with Gasteiger partial charge in [-0.05, 0) is 12.1 Å². The van der Waals surface area contributed by atoms with Gasteiger partial charge >= 0.3 is 0 Å². The Morgan fingerprint density at radius 1 is 0.957 bits per heavy atom. The number of nitrogens with two attached hydrogens (primary N) is 1. The van der Waals surface area contributed by atoms with Crippen LogP contribution >= 0.6 is 0 Å². The number of H-pyrrole nitrogens is 1. The van der Waals surface area contributed by atoms with Crippen LogP contribution in [0, 0.1) is 0 Å². The van der Waals surface area contributed by atoms with Crippen LogP contribution in [0.25, 0.3) is 21.9 Å². The second kappa shape index (κ2) is 5.10. The number of aromatic nitrogens is 3. The van der Waals surface area contributed by atoms with E-state index in [9.17, 15) is 4.79 Å². The van der Waals surface area contributed by atoms with Crippen molar-refractivity contribution in [3.05, 3.63) is 65.2 Å². The van der Waals surface area contributed by atoms with Crippen LogP contribution in [0.3, 0.4) is 0 Å². The van der Waals surface area contributed by atoms with Gasteiger partial charge in [-0.3, -0.25) is 4.79 Å². The Morgan fingerprint density at radius 2 is 1.78 bits per heavy atom. The fourth-order valence-electron chi connectivity index (χ4n) is 2.51. The summed E-state index contributed by atoms with van der Waals surface area (Å²) in [6.07, 6.45) is 2.78. The summed E-state index contributed by atoms with van der Waals surface area (Å²) in [5, 5.41) is 1.80. The topological polar surface area (TPSA) is 93.9 Å². The SMILES string of the molecule is Nc1ccc(Oc2ccnc3ncc(=O)[nH]c23)c2ccccc12. The van der Waals surface area contributed by atoms with Crippen LogP contribution < -0.4 is 16.0 Å². The lowest BCUT2D eigenvalue weighted by Gasteiger charge is -2.11. The van der Waals surface area contributed by atoms with Gasteiger partial charge in [-0.15, -0.1) is 0 Å². The number of ether oxygens (including phenoxy) is 1. The first kappa shape index (κ1) is 13.3. The van der Waals surface area contributed by atoms with Crippen molar-refractivity contribution in [2.75, 3.05) is 5.73 Å². The van der Waals surface area contributed by atoms with Crippen LogP contribution in [-0.2, 0) is 0 Å². The lowest BCUT2D eigenvalue weighted by molar-refractivity contribution is 0.492. The molecule has 2 aromatic heterocycles. The molecule has 6 heteroatoms. The van der Waals surface area contributed by atoms with Gasteiger partial charge in [0.1, 0.15) is 11.3 Å². The molecule has 0 unspecified atom stereocenters. The normalized spacial score (nSPS) is 11.0. The minimum Gasteiger partial charge on any atom is -0.454 e. The molecule has 0 saturated carbocycles. The number of hydrogen-bond acceptors (Lipinski definition) is 5. The Hall–Kier alpha value is -3.41. The number of benzene rings is 2. The van der Waals surface area contributed by atoms with E-state index in [1.807, 2.05) is 24.3 Å². The van der Waals surface area contributed by atoms with Crippen molar-refractivity contribution in [2.24, 2.45) is 0 Å². The van der Waals surface area contributed by atoms with Gasteiger partial charge in [0.2, 0.25) is 0 Å². The first-order valence-corrected chi connectivity index (χ1v) is 7.01. The molecule has 112 valence electrons. The minimum atomic E-state index is -0.308. The summed E-state index contributed by atoms with van der Waals surface area (Å²) in [7, 11) is 0. The molecular weight excluding hydrogens is 292 g/mol. The van der Waals surface area contributed by atoms with Crippen LogP contribution in [0.1, 0.15) is 0 Å². The number of nitrogen functional groups attached to an aromatic ring is 1. The molecule has 23 heavy (non-hydrogen) atoms. The number of rotatable bonds is 2. The van der Waals surface area contributed by atoms with Crippen molar-refractivity contribution in [2.45, 2.75) is 0 Å². The molecule has 0 saturated heterocycles. The maximum absolute atomic E-state index is 11.5. The van der Waals surface area contributed by atoms with Crippen molar-refractivity contribution < 1.29 is 4.74 Å². The van der Waals surface area contributed by atoms with E-state index >= 15 is 0 Å². The molecular formula is C17H12N4O2. The van der Waals surface area contributed by atoms with Crippen molar-refractivity contribution in [1.29, 1.82) is 0 Å². The Kier molecular flexibility index (Phi) is 2.94. The zero-order valence-corrected chi connectivity index (χ0v) is 12.0. The van der Waals surface area contributed by atoms with E-state index in [0.29, 0.717) is 28.4 Å². The lowest BCUT2D eigenvalue weighted by atomic mass is 10.1. The third kappa shape index (κ3) is 2.26. The Morgan fingerprint density at radius 3 is 2.65 bits per heavy atom. The number of fused-ring (bicyclic) bond motifs is 2. The van der Waals surface area contributed by atoms with E-state index in [0.717, 1.165) is 10.8 Å². The van der Waals surface area contributed by atoms with Gasteiger partial charge < -0.3 is 15.5 Å². The van der Waals surface area contributed by atoms with E-state index in [1.165, 1.54) is 6.20 Å². The molecule has 2 heterocycles. The monoisotopic (exact) mass is 304 g/mol. The highest BCUT2D eigenvalue weighted by molar-refractivity contribution is 5.97. The molecule has 0 amide bonds. The standard InChI is InChI=1S/C17H12N4O2/c18-12-5-6-13(11-4-2-1-3-10(11)12)23-14-7-8-19-17-16(14)21-15(22)9-20-17/h1-9H,18H2,(H,21,22). The van der Waals surface area contributed by atoms with E-state index in [2.05, 4.69) is 15.0 Å². The molecule has 0 fully saturated rings. The van der Waals surface area contributed by atoms with Crippen LogP contribution in [0.5, 0.6) is 11.5 Å². The number of nitrogens with zero attached hydrogens (tertiary/aromatic N) is 2. The van der Waals surface area contributed by atoms with Crippen LogP contribution in [0.15, 0.2) is 59.7 Å². The second-order valence-corrected chi connectivity index (χ2v) is 5.06. The fraction of sp³-hybridized carbons (Fsp3) is 0. The molecule has 3 N–H and O–H groups in total. The number of nitrogens with one attached hydrogen (secondary N) is 1. The van der Waals surface area contributed by atoms with E-state index in [1.54, 1.807) is 24.4 Å². The zero-order chi connectivity index (χ0) is 15.8. The zero-order valence-electron chi connectivity index (χ0n) is 12.0. The Labute approximate surface area is 130 Å². The van der Waals surface area contributed by atoms with Crippen molar-refractivity contribution in [3.63, 3.8) is 0 Å². The lowest BCUT2D eigenvalue weighted by Crippen LogP contribution is -2.06. The van der Waals surface area contributed by atoms with Crippen LogP contribution in [0.4, 0.5) is 5.69 Å². The van der Waals surface area contributed by atoms with Gasteiger partial charge in [0, 0.05) is 28.7 Å². The third-order valence-electron chi connectivity index (χ3n) is 3.58. The van der Waals surface area contributed by atoms with Gasteiger partial charge in [-0.2, -0.15) is 0 Å². The van der Waals surface area contributed by atoms with Crippen LogP contribution in [-0.4, -0.2) is 15.0 Å². The number of aromatic amines is 1. The van der Waals surface area contributed by atoms with E-state index in [-0.39, 0.29) is 5.56 Å². The van der Waals surface area contributed by atoms with E-state index < -0.39 is 0 Å². The van der Waals surface area contributed by atoms with Crippen LogP contribution in [0.2, 0.25) is 0 Å². The number of hydrogen-bond donors (Lipinski definition) is 2. The molecule has 0 spiro atoms. The largest absolute Gasteiger partial charge is 0.454 e. The predicted octanol–water partition coefficient (Wildman–Crippen LogP) is 2.85. The highest BCUT2D eigenvalue weighted by Crippen LogP contribution is 2.34. The average molecular weight is 304 g/mol. The molecule has 0 radical (unpaired) electrons. The quantitative estimate of drug-likeness (QED) is 0.555. The maximum Gasteiger partial charge on any atom is 0.267 e. The van der Waals surface area contributed by atoms with Crippen molar-refractivity contribution >= 4 is 27.6 Å². The minimum absolute atomic E-state index is 0.308. The molecule has 0 aliphatic carbocycles. The molecule has 4 aromatic rings. The first-order chi connectivity index (χ1) is 11.2. The Bertz CT molecular complexity index is 1090. The van der Waals surface area contributed by atoms with Gasteiger partial charge in [-0.25, -0.2) is 9.97 Å². The summed E-state index contributed by atoms with van der Waals surface area (Å²) in [4.78, 5) is 22.4. The summed E-state index contributed by atoms with van der Waals surface area (Å²) in [5.74, 6) is 1.13. The summed E-state index contributed by atoms with van der Waals surface area (Å²) in [6, 6.07) is 13.0. The predicted molar refractivity (Wildman–Crippen MR) is 88.6 cm³/mol. The number of anilines is 1. The summed E-state index contributed by atoms with van der Waals surface area (Å²) in [6.45, 7) is 0. The average Bonchev–Trinajstić information content (AvgIpc) is 2.58. The smallest absolute Gasteiger partial charge is 0.267 e. The summed E-state index contributed by atoms with van der Waals surface area (Å²) in [5.41, 5.74) is 7.26.